The lowest BCUT2D eigenvalue weighted by Crippen LogP contribution is -2.39. The van der Waals surface area contributed by atoms with Gasteiger partial charge in [0.15, 0.2) is 0 Å². The third-order valence-corrected chi connectivity index (χ3v) is 2.93. The molecule has 0 bridgehead atoms. The smallest absolute Gasteiger partial charge is 0.0551 e. The molecule has 2 heteroatoms. The Kier molecular flexibility index (Phi) is 2.90. The Morgan fingerprint density at radius 1 is 1.64 bits per heavy atom. The summed E-state index contributed by atoms with van der Waals surface area (Å²) in [6.07, 6.45) is 5.20. The Morgan fingerprint density at radius 2 is 2.36 bits per heavy atom. The number of hydrogen-bond acceptors (Lipinski definition) is 2. The third kappa shape index (κ3) is 2.46. The van der Waals surface area contributed by atoms with Crippen molar-refractivity contribution in [1.82, 2.24) is 5.32 Å². The van der Waals surface area contributed by atoms with Gasteiger partial charge in [0.2, 0.25) is 0 Å². The summed E-state index contributed by atoms with van der Waals surface area (Å²) in [7, 11) is 0. The number of rotatable bonds is 1. The maximum atomic E-state index is 5.87. The van der Waals surface area contributed by atoms with E-state index < -0.39 is 0 Å². The Bertz CT molecular complexity index is 125. The number of hydrogen-bond donors (Lipinski definition) is 2. The lowest BCUT2D eigenvalue weighted by atomic mass is 9.80. The van der Waals surface area contributed by atoms with Crippen molar-refractivity contribution in [3.05, 3.63) is 0 Å². The molecule has 2 atom stereocenters. The van der Waals surface area contributed by atoms with Gasteiger partial charge in [-0.2, -0.15) is 0 Å². The summed E-state index contributed by atoms with van der Waals surface area (Å²) in [4.78, 5) is 0. The molecule has 0 aliphatic carbocycles. The fourth-order valence-electron chi connectivity index (χ4n) is 1.83. The molecule has 0 amide bonds. The lowest BCUT2D eigenvalue weighted by molar-refractivity contribution is 0.250. The van der Waals surface area contributed by atoms with Gasteiger partial charge in [-0.1, -0.05) is 20.3 Å². The summed E-state index contributed by atoms with van der Waals surface area (Å²) in [5.41, 5.74) is 6.36. The first kappa shape index (κ1) is 9.01. The van der Waals surface area contributed by atoms with E-state index in [1.807, 2.05) is 0 Å². The Morgan fingerprint density at radius 3 is 3.00 bits per heavy atom. The van der Waals surface area contributed by atoms with Crippen LogP contribution in [0.15, 0.2) is 0 Å². The minimum absolute atomic E-state index is 0.224. The number of nitrogens with one attached hydrogen (secondary N) is 1. The van der Waals surface area contributed by atoms with Crippen molar-refractivity contribution in [2.75, 3.05) is 6.54 Å². The van der Waals surface area contributed by atoms with Gasteiger partial charge < -0.3 is 11.1 Å². The first-order valence-corrected chi connectivity index (χ1v) is 4.65. The molecule has 2 unspecified atom stereocenters. The Hall–Kier alpha value is -0.0800. The van der Waals surface area contributed by atoms with Crippen molar-refractivity contribution in [2.45, 2.75) is 45.7 Å². The van der Waals surface area contributed by atoms with E-state index in [2.05, 4.69) is 19.2 Å². The highest BCUT2D eigenvalue weighted by atomic mass is 15.0. The quantitative estimate of drug-likeness (QED) is 0.603. The predicted octanol–water partition coefficient (Wildman–Crippen LogP) is 1.46. The van der Waals surface area contributed by atoms with Crippen LogP contribution in [0.4, 0.5) is 0 Å². The van der Waals surface area contributed by atoms with Gasteiger partial charge in [0.05, 0.1) is 6.17 Å². The van der Waals surface area contributed by atoms with E-state index >= 15 is 0 Å². The minimum atomic E-state index is 0.224. The van der Waals surface area contributed by atoms with Crippen LogP contribution in [0, 0.1) is 5.41 Å². The maximum Gasteiger partial charge on any atom is 0.0551 e. The van der Waals surface area contributed by atoms with Gasteiger partial charge in [0, 0.05) is 0 Å². The molecule has 11 heavy (non-hydrogen) atoms. The fraction of sp³-hybridized carbons (Fsp3) is 1.00. The van der Waals surface area contributed by atoms with Crippen LogP contribution >= 0.6 is 0 Å². The van der Waals surface area contributed by atoms with Crippen LogP contribution in [-0.4, -0.2) is 12.7 Å². The molecule has 1 fully saturated rings. The van der Waals surface area contributed by atoms with Gasteiger partial charge in [-0.25, -0.2) is 0 Å². The van der Waals surface area contributed by atoms with Crippen LogP contribution in [0.25, 0.3) is 0 Å². The van der Waals surface area contributed by atoms with E-state index in [0.717, 1.165) is 13.0 Å². The molecule has 2 nitrogen and oxygen atoms in total. The maximum absolute atomic E-state index is 5.87. The molecular weight excluding hydrogens is 136 g/mol. The molecule has 1 rings (SSSR count). The highest BCUT2D eigenvalue weighted by Crippen LogP contribution is 2.33. The van der Waals surface area contributed by atoms with E-state index in [1.54, 1.807) is 0 Å². The molecule has 1 aliphatic heterocycles. The van der Waals surface area contributed by atoms with Gasteiger partial charge in [0.1, 0.15) is 0 Å². The SMILES string of the molecule is CCC1(C)CCCNC(N)C1. The van der Waals surface area contributed by atoms with Crippen molar-refractivity contribution in [1.29, 1.82) is 0 Å². The highest BCUT2D eigenvalue weighted by molar-refractivity contribution is 4.80. The summed E-state index contributed by atoms with van der Waals surface area (Å²) >= 11 is 0. The second-order valence-corrected chi connectivity index (χ2v) is 4.03. The molecule has 0 aromatic carbocycles. The van der Waals surface area contributed by atoms with Crippen LogP contribution in [0.5, 0.6) is 0 Å². The van der Waals surface area contributed by atoms with E-state index in [1.165, 1.54) is 19.3 Å². The summed E-state index contributed by atoms with van der Waals surface area (Å²) in [5, 5.41) is 3.31. The van der Waals surface area contributed by atoms with Gasteiger partial charge in [-0.3, -0.25) is 0 Å². The highest BCUT2D eigenvalue weighted by Gasteiger charge is 2.26. The molecular formula is C9H20N2. The van der Waals surface area contributed by atoms with Crippen LogP contribution in [0.1, 0.15) is 39.5 Å². The molecule has 66 valence electrons. The zero-order valence-electron chi connectivity index (χ0n) is 7.69. The van der Waals surface area contributed by atoms with Crippen molar-refractivity contribution >= 4 is 0 Å². The van der Waals surface area contributed by atoms with Crippen molar-refractivity contribution < 1.29 is 0 Å². The average Bonchev–Trinajstić information content (AvgIpc) is 2.13. The van der Waals surface area contributed by atoms with Crippen LogP contribution < -0.4 is 11.1 Å². The first-order valence-electron chi connectivity index (χ1n) is 4.65. The third-order valence-electron chi connectivity index (χ3n) is 2.93. The van der Waals surface area contributed by atoms with Gasteiger partial charge >= 0.3 is 0 Å². The Balaban J connectivity index is 2.51. The van der Waals surface area contributed by atoms with Gasteiger partial charge in [0.25, 0.3) is 0 Å². The zero-order chi connectivity index (χ0) is 8.32. The summed E-state index contributed by atoms with van der Waals surface area (Å²) < 4.78 is 0. The molecule has 3 N–H and O–H groups in total. The van der Waals surface area contributed by atoms with Crippen molar-refractivity contribution in [3.8, 4) is 0 Å². The normalized spacial score (nSPS) is 40.1. The second-order valence-electron chi connectivity index (χ2n) is 4.03. The van der Waals surface area contributed by atoms with E-state index in [0.29, 0.717) is 5.41 Å². The van der Waals surface area contributed by atoms with Crippen molar-refractivity contribution in [2.24, 2.45) is 11.1 Å². The minimum Gasteiger partial charge on any atom is -0.316 e. The molecule has 1 heterocycles. The Labute approximate surface area is 69.5 Å². The molecule has 0 spiro atoms. The van der Waals surface area contributed by atoms with E-state index in [9.17, 15) is 0 Å². The molecule has 0 aromatic rings. The molecule has 0 saturated carbocycles. The number of nitrogens with two attached hydrogens (primary N) is 1. The predicted molar refractivity (Wildman–Crippen MR) is 48.2 cm³/mol. The largest absolute Gasteiger partial charge is 0.316 e. The van der Waals surface area contributed by atoms with Crippen LogP contribution in [-0.2, 0) is 0 Å². The van der Waals surface area contributed by atoms with E-state index in [4.69, 9.17) is 5.73 Å². The standard InChI is InChI=1S/C9H20N2/c1-3-9(2)5-4-6-11-8(10)7-9/h8,11H,3-7,10H2,1-2H3. The molecule has 1 aliphatic rings. The lowest BCUT2D eigenvalue weighted by Gasteiger charge is -2.27. The average molecular weight is 156 g/mol. The van der Waals surface area contributed by atoms with E-state index in [-0.39, 0.29) is 6.17 Å². The molecule has 0 aromatic heterocycles. The fourth-order valence-corrected chi connectivity index (χ4v) is 1.83. The molecule has 1 saturated heterocycles. The summed E-state index contributed by atoms with van der Waals surface area (Å²) in [6, 6.07) is 0. The topological polar surface area (TPSA) is 38.0 Å². The summed E-state index contributed by atoms with van der Waals surface area (Å²) in [5.74, 6) is 0. The van der Waals surface area contributed by atoms with Crippen molar-refractivity contribution in [3.63, 3.8) is 0 Å². The van der Waals surface area contributed by atoms with Gasteiger partial charge in [-0.05, 0) is 31.2 Å². The van der Waals surface area contributed by atoms with Gasteiger partial charge in [-0.15, -0.1) is 0 Å². The van der Waals surface area contributed by atoms with Crippen LogP contribution in [0.3, 0.4) is 0 Å². The summed E-state index contributed by atoms with van der Waals surface area (Å²) in [6.45, 7) is 5.70. The second kappa shape index (κ2) is 3.55. The molecule has 0 radical (unpaired) electrons. The first-order chi connectivity index (χ1) is 5.16. The zero-order valence-corrected chi connectivity index (χ0v) is 7.69. The van der Waals surface area contributed by atoms with Crippen LogP contribution in [0.2, 0.25) is 0 Å². The monoisotopic (exact) mass is 156 g/mol.